The molecule has 2 aromatic carbocycles. The average Bonchev–Trinajstić information content (AvgIpc) is 3.34. The number of piperidine rings is 2. The number of nitrogens with one attached hydrogen (secondary N) is 2. The van der Waals surface area contributed by atoms with Gasteiger partial charge in [-0.2, -0.15) is 5.26 Å². The van der Waals surface area contributed by atoms with E-state index in [4.69, 9.17) is 9.68 Å². The lowest BCUT2D eigenvalue weighted by Crippen LogP contribution is -2.44. The minimum atomic E-state index is -0.210. The molecule has 2 N–H and O–H groups in total. The van der Waals surface area contributed by atoms with E-state index in [1.165, 1.54) is 5.56 Å². The quantitative estimate of drug-likeness (QED) is 0.532. The van der Waals surface area contributed by atoms with Gasteiger partial charge in [-0.1, -0.05) is 12.1 Å². The molecule has 0 radical (unpaired) electrons. The Bertz CT molecular complexity index is 1290. The van der Waals surface area contributed by atoms with E-state index >= 15 is 0 Å². The maximum absolute atomic E-state index is 12.9. The molecule has 8 nitrogen and oxygen atoms in total. The summed E-state index contributed by atoms with van der Waals surface area (Å²) in [5.74, 6) is 0.167. The Hall–Kier alpha value is -3.67. The van der Waals surface area contributed by atoms with Gasteiger partial charge in [0, 0.05) is 42.7 Å². The van der Waals surface area contributed by atoms with Crippen molar-refractivity contribution in [2.45, 2.75) is 38.3 Å². The molecule has 2 aliphatic heterocycles. The number of likely N-dealkylation sites (tertiary alicyclic amines) is 2. The summed E-state index contributed by atoms with van der Waals surface area (Å²) in [6.45, 7) is 4.50. The highest BCUT2D eigenvalue weighted by molar-refractivity contribution is 5.98. The zero-order valence-corrected chi connectivity index (χ0v) is 21.2. The molecule has 192 valence electrons. The predicted molar refractivity (Wildman–Crippen MR) is 142 cm³/mol. The van der Waals surface area contributed by atoms with E-state index in [2.05, 4.69) is 33.6 Å². The number of nitrogens with zero attached hydrogens (tertiary/aromatic N) is 3. The van der Waals surface area contributed by atoms with Crippen molar-refractivity contribution in [3.05, 3.63) is 65.4 Å². The molecular weight excluding hydrogens is 466 g/mol. The molecule has 2 saturated heterocycles. The van der Waals surface area contributed by atoms with E-state index in [0.29, 0.717) is 11.1 Å². The fourth-order valence-electron chi connectivity index (χ4n) is 5.18. The summed E-state index contributed by atoms with van der Waals surface area (Å²) in [7, 11) is 2.08. The molecule has 2 fully saturated rings. The molecule has 1 aromatic heterocycles. The second-order valence-electron chi connectivity index (χ2n) is 10.3. The molecule has 2 amide bonds. The lowest BCUT2D eigenvalue weighted by molar-refractivity contribution is -0.121. The Morgan fingerprint density at radius 2 is 1.73 bits per heavy atom. The van der Waals surface area contributed by atoms with Crippen LogP contribution in [0.5, 0.6) is 0 Å². The van der Waals surface area contributed by atoms with Crippen molar-refractivity contribution >= 4 is 28.5 Å². The van der Waals surface area contributed by atoms with Gasteiger partial charge >= 0.3 is 0 Å². The second-order valence-corrected chi connectivity index (χ2v) is 10.3. The first-order valence-electron chi connectivity index (χ1n) is 13.0. The third-order valence-electron chi connectivity index (χ3n) is 7.51. The van der Waals surface area contributed by atoms with Gasteiger partial charge in [0.2, 0.25) is 5.91 Å². The van der Waals surface area contributed by atoms with Crippen LogP contribution < -0.4 is 10.6 Å². The van der Waals surface area contributed by atoms with Crippen LogP contribution in [0.4, 0.5) is 5.69 Å². The zero-order valence-electron chi connectivity index (χ0n) is 21.2. The first kappa shape index (κ1) is 25.0. The fourth-order valence-corrected chi connectivity index (χ4v) is 5.18. The van der Waals surface area contributed by atoms with E-state index in [1.807, 2.05) is 36.4 Å². The van der Waals surface area contributed by atoms with Crippen molar-refractivity contribution in [3.63, 3.8) is 0 Å². The highest BCUT2D eigenvalue weighted by Crippen LogP contribution is 2.25. The van der Waals surface area contributed by atoms with Crippen LogP contribution in [0.2, 0.25) is 0 Å². The van der Waals surface area contributed by atoms with E-state index < -0.39 is 0 Å². The number of hydrogen-bond acceptors (Lipinski definition) is 6. The summed E-state index contributed by atoms with van der Waals surface area (Å²) in [6.07, 6.45) is 3.48. The number of anilines is 1. The number of carbonyl (C=O) groups excluding carboxylic acids is 2. The molecule has 0 unspecified atom stereocenters. The van der Waals surface area contributed by atoms with Crippen LogP contribution in [0.25, 0.3) is 11.0 Å². The average molecular weight is 500 g/mol. The minimum Gasteiger partial charge on any atom is -0.451 e. The predicted octanol–water partition coefficient (Wildman–Crippen LogP) is 3.98. The van der Waals surface area contributed by atoms with Gasteiger partial charge in [-0.3, -0.25) is 14.5 Å². The molecule has 37 heavy (non-hydrogen) atoms. The fraction of sp³-hybridized carbons (Fsp3) is 0.414. The SMILES string of the molecule is CN1CCC(C(=O)Nc2ccc3oc(C(=O)NC4CCN(Cc5ccc(C#N)cc5)CC4)cc3c2)CC1. The number of furan rings is 1. The van der Waals surface area contributed by atoms with Gasteiger partial charge in [0.25, 0.3) is 5.91 Å². The molecule has 2 aliphatic rings. The van der Waals surface area contributed by atoms with Crippen LogP contribution in [0.15, 0.2) is 52.9 Å². The van der Waals surface area contributed by atoms with Crippen LogP contribution in [0, 0.1) is 17.2 Å². The van der Waals surface area contributed by atoms with Crippen molar-refractivity contribution in [2.24, 2.45) is 5.92 Å². The van der Waals surface area contributed by atoms with Gasteiger partial charge in [-0.15, -0.1) is 0 Å². The van der Waals surface area contributed by atoms with Crippen molar-refractivity contribution in [1.29, 1.82) is 5.26 Å². The Morgan fingerprint density at radius 3 is 2.43 bits per heavy atom. The van der Waals surface area contributed by atoms with Gasteiger partial charge in [0.1, 0.15) is 5.58 Å². The molecular formula is C29H33N5O3. The third kappa shape index (κ3) is 6.19. The zero-order chi connectivity index (χ0) is 25.8. The summed E-state index contributed by atoms with van der Waals surface area (Å²) in [5, 5.41) is 15.9. The van der Waals surface area contributed by atoms with Gasteiger partial charge < -0.3 is 20.0 Å². The van der Waals surface area contributed by atoms with Crippen molar-refractivity contribution in [2.75, 3.05) is 38.5 Å². The minimum absolute atomic E-state index is 0.0353. The first-order valence-corrected chi connectivity index (χ1v) is 13.0. The molecule has 0 aliphatic carbocycles. The second kappa shape index (κ2) is 11.2. The number of amides is 2. The number of benzene rings is 2. The normalized spacial score (nSPS) is 17.9. The van der Waals surface area contributed by atoms with Gasteiger partial charge in [-0.25, -0.2) is 0 Å². The monoisotopic (exact) mass is 499 g/mol. The maximum atomic E-state index is 12.9. The van der Waals surface area contributed by atoms with Gasteiger partial charge in [0.15, 0.2) is 5.76 Å². The van der Waals surface area contributed by atoms with Crippen molar-refractivity contribution in [3.8, 4) is 6.07 Å². The van der Waals surface area contributed by atoms with Crippen LogP contribution >= 0.6 is 0 Å². The summed E-state index contributed by atoms with van der Waals surface area (Å²) >= 11 is 0. The molecule has 8 heteroatoms. The molecule has 5 rings (SSSR count). The van der Waals surface area contributed by atoms with Crippen LogP contribution in [-0.2, 0) is 11.3 Å². The number of nitriles is 1. The van der Waals surface area contributed by atoms with Crippen LogP contribution in [0.3, 0.4) is 0 Å². The summed E-state index contributed by atoms with van der Waals surface area (Å²) in [4.78, 5) is 30.2. The Morgan fingerprint density at radius 1 is 1.00 bits per heavy atom. The molecule has 3 heterocycles. The molecule has 0 bridgehead atoms. The number of rotatable bonds is 6. The van der Waals surface area contributed by atoms with Crippen molar-refractivity contribution < 1.29 is 14.0 Å². The lowest BCUT2D eigenvalue weighted by Gasteiger charge is -2.32. The Kier molecular flexibility index (Phi) is 7.54. The lowest BCUT2D eigenvalue weighted by atomic mass is 9.96. The highest BCUT2D eigenvalue weighted by atomic mass is 16.3. The standard InChI is InChI=1S/C29H33N5O3/c1-33-12-8-22(9-13-33)28(35)32-25-6-7-26-23(16-25)17-27(37-26)29(36)31-24-10-14-34(15-11-24)19-21-4-2-20(18-30)3-5-21/h2-7,16-17,22,24H,8-15,19H2,1H3,(H,31,36)(H,32,35). The van der Waals surface area contributed by atoms with Gasteiger partial charge in [-0.05, 0) is 87.8 Å². The Balaban J connectivity index is 1.13. The maximum Gasteiger partial charge on any atom is 0.287 e. The van der Waals surface area contributed by atoms with E-state index in [9.17, 15) is 9.59 Å². The summed E-state index contributed by atoms with van der Waals surface area (Å²) in [6, 6.07) is 17.2. The first-order chi connectivity index (χ1) is 18.0. The molecule has 0 atom stereocenters. The number of carbonyl (C=O) groups is 2. The summed E-state index contributed by atoms with van der Waals surface area (Å²) < 4.78 is 5.81. The van der Waals surface area contributed by atoms with Crippen LogP contribution in [0.1, 0.15) is 47.4 Å². The molecule has 3 aromatic rings. The van der Waals surface area contributed by atoms with E-state index in [0.717, 1.165) is 69.5 Å². The van der Waals surface area contributed by atoms with E-state index in [-0.39, 0.29) is 29.5 Å². The topological polar surface area (TPSA) is 102 Å². The largest absolute Gasteiger partial charge is 0.451 e. The number of fused-ring (bicyclic) bond motifs is 1. The van der Waals surface area contributed by atoms with Crippen molar-refractivity contribution in [1.82, 2.24) is 15.1 Å². The van der Waals surface area contributed by atoms with Gasteiger partial charge in [0.05, 0.1) is 11.6 Å². The molecule has 0 saturated carbocycles. The smallest absolute Gasteiger partial charge is 0.287 e. The van der Waals surface area contributed by atoms with Crippen LogP contribution in [-0.4, -0.2) is 60.9 Å². The number of hydrogen-bond donors (Lipinski definition) is 2. The third-order valence-corrected chi connectivity index (χ3v) is 7.51. The molecule has 0 spiro atoms. The van der Waals surface area contributed by atoms with E-state index in [1.54, 1.807) is 12.1 Å². The highest BCUT2D eigenvalue weighted by Gasteiger charge is 2.25. The summed E-state index contributed by atoms with van der Waals surface area (Å²) in [5.41, 5.74) is 3.20. The Labute approximate surface area is 217 Å².